The van der Waals surface area contributed by atoms with Gasteiger partial charge in [-0.15, -0.1) is 0 Å². The zero-order chi connectivity index (χ0) is 17.9. The van der Waals surface area contributed by atoms with Gasteiger partial charge in [0.15, 0.2) is 0 Å². The summed E-state index contributed by atoms with van der Waals surface area (Å²) in [7, 11) is 0. The average Bonchev–Trinajstić information content (AvgIpc) is 2.66. The summed E-state index contributed by atoms with van der Waals surface area (Å²) in [6.45, 7) is 2.68. The molecule has 5 heteroatoms. The SMILES string of the molecule is CCC(=O)N1CCCCC1C(=O)NCC1(O)CCCc2ccccc21. The van der Waals surface area contributed by atoms with E-state index in [-0.39, 0.29) is 18.4 Å². The van der Waals surface area contributed by atoms with E-state index in [1.807, 2.05) is 31.2 Å². The number of carbonyl (C=O) groups excluding carboxylic acids is 2. The summed E-state index contributed by atoms with van der Waals surface area (Å²) >= 11 is 0. The predicted octanol–water partition coefficient (Wildman–Crippen LogP) is 2.12. The molecule has 5 nitrogen and oxygen atoms in total. The van der Waals surface area contributed by atoms with E-state index >= 15 is 0 Å². The molecule has 2 N–H and O–H groups in total. The third kappa shape index (κ3) is 3.71. The minimum Gasteiger partial charge on any atom is -0.383 e. The molecule has 2 unspecified atom stereocenters. The molecule has 1 aliphatic carbocycles. The second kappa shape index (κ2) is 7.56. The zero-order valence-electron chi connectivity index (χ0n) is 15.0. The monoisotopic (exact) mass is 344 g/mol. The van der Waals surface area contributed by atoms with Crippen molar-refractivity contribution in [3.8, 4) is 0 Å². The summed E-state index contributed by atoms with van der Waals surface area (Å²) in [5, 5.41) is 14.0. The molecule has 2 amide bonds. The van der Waals surface area contributed by atoms with E-state index in [1.165, 1.54) is 0 Å². The van der Waals surface area contributed by atoms with E-state index in [1.54, 1.807) is 4.90 Å². The van der Waals surface area contributed by atoms with Crippen LogP contribution in [-0.2, 0) is 21.6 Å². The fourth-order valence-electron chi connectivity index (χ4n) is 4.14. The highest BCUT2D eigenvalue weighted by Crippen LogP contribution is 2.34. The first-order chi connectivity index (χ1) is 12.0. The van der Waals surface area contributed by atoms with Crippen molar-refractivity contribution in [2.75, 3.05) is 13.1 Å². The van der Waals surface area contributed by atoms with Crippen molar-refractivity contribution in [1.29, 1.82) is 0 Å². The summed E-state index contributed by atoms with van der Waals surface area (Å²) in [5.41, 5.74) is 1.07. The van der Waals surface area contributed by atoms with Crippen LogP contribution in [0.1, 0.15) is 56.6 Å². The standard InChI is InChI=1S/C20H28N2O3/c1-2-18(23)22-13-6-5-11-17(22)19(24)21-14-20(25)12-7-9-15-8-3-4-10-16(15)20/h3-4,8,10,17,25H,2,5-7,9,11-14H2,1H3,(H,21,24). The second-order valence-electron chi connectivity index (χ2n) is 7.21. The van der Waals surface area contributed by atoms with Crippen LogP contribution in [0.25, 0.3) is 0 Å². The largest absolute Gasteiger partial charge is 0.383 e. The molecule has 0 saturated carbocycles. The van der Waals surface area contributed by atoms with E-state index in [2.05, 4.69) is 5.32 Å². The Labute approximate surface area is 149 Å². The Balaban J connectivity index is 1.68. The Morgan fingerprint density at radius 2 is 2.08 bits per heavy atom. The summed E-state index contributed by atoms with van der Waals surface area (Å²) in [6.07, 6.45) is 5.55. The molecule has 1 aliphatic heterocycles. The first kappa shape index (κ1) is 17.9. The number of benzene rings is 1. The number of nitrogens with zero attached hydrogens (tertiary/aromatic N) is 1. The lowest BCUT2D eigenvalue weighted by atomic mass is 9.79. The summed E-state index contributed by atoms with van der Waals surface area (Å²) in [6, 6.07) is 7.51. The molecule has 1 fully saturated rings. The molecule has 2 atom stereocenters. The van der Waals surface area contributed by atoms with Crippen LogP contribution in [-0.4, -0.2) is 41.0 Å². The molecule has 0 aromatic heterocycles. The van der Waals surface area contributed by atoms with Crippen LogP contribution in [0, 0.1) is 0 Å². The van der Waals surface area contributed by atoms with E-state index in [0.717, 1.165) is 36.8 Å². The summed E-state index contributed by atoms with van der Waals surface area (Å²) < 4.78 is 0. The maximum absolute atomic E-state index is 12.7. The molecular weight excluding hydrogens is 316 g/mol. The van der Waals surface area contributed by atoms with Gasteiger partial charge >= 0.3 is 0 Å². The number of hydrogen-bond donors (Lipinski definition) is 2. The number of nitrogens with one attached hydrogen (secondary N) is 1. The minimum absolute atomic E-state index is 0.0292. The lowest BCUT2D eigenvalue weighted by molar-refractivity contribution is -0.142. The number of likely N-dealkylation sites (tertiary alicyclic amines) is 1. The van der Waals surface area contributed by atoms with Crippen molar-refractivity contribution in [3.63, 3.8) is 0 Å². The van der Waals surface area contributed by atoms with Crippen LogP contribution >= 0.6 is 0 Å². The van der Waals surface area contributed by atoms with Crippen LogP contribution in [0.2, 0.25) is 0 Å². The first-order valence-electron chi connectivity index (χ1n) is 9.43. The molecule has 1 aromatic carbocycles. The van der Waals surface area contributed by atoms with Crippen molar-refractivity contribution >= 4 is 11.8 Å². The predicted molar refractivity (Wildman–Crippen MR) is 95.9 cm³/mol. The van der Waals surface area contributed by atoms with Gasteiger partial charge in [-0.3, -0.25) is 9.59 Å². The Morgan fingerprint density at radius 1 is 1.28 bits per heavy atom. The van der Waals surface area contributed by atoms with Crippen molar-refractivity contribution in [2.24, 2.45) is 0 Å². The van der Waals surface area contributed by atoms with Crippen LogP contribution in [0.3, 0.4) is 0 Å². The number of amides is 2. The molecule has 25 heavy (non-hydrogen) atoms. The number of carbonyl (C=O) groups is 2. The lowest BCUT2D eigenvalue weighted by Crippen LogP contribution is -2.54. The molecule has 2 aliphatic rings. The minimum atomic E-state index is -1.02. The second-order valence-corrected chi connectivity index (χ2v) is 7.21. The molecule has 136 valence electrons. The van der Waals surface area contributed by atoms with Gasteiger partial charge in [0.25, 0.3) is 0 Å². The van der Waals surface area contributed by atoms with Gasteiger partial charge in [-0.2, -0.15) is 0 Å². The van der Waals surface area contributed by atoms with Crippen LogP contribution < -0.4 is 5.32 Å². The van der Waals surface area contributed by atoms with Crippen LogP contribution in [0.15, 0.2) is 24.3 Å². The molecule has 0 bridgehead atoms. The Morgan fingerprint density at radius 3 is 2.88 bits per heavy atom. The van der Waals surface area contributed by atoms with E-state index in [4.69, 9.17) is 0 Å². The number of hydrogen-bond acceptors (Lipinski definition) is 3. The van der Waals surface area contributed by atoms with E-state index < -0.39 is 11.6 Å². The van der Waals surface area contributed by atoms with Crippen LogP contribution in [0.4, 0.5) is 0 Å². The number of aliphatic hydroxyl groups is 1. The van der Waals surface area contributed by atoms with Crippen LogP contribution in [0.5, 0.6) is 0 Å². The van der Waals surface area contributed by atoms with Gasteiger partial charge in [-0.1, -0.05) is 31.2 Å². The van der Waals surface area contributed by atoms with Gasteiger partial charge < -0.3 is 15.3 Å². The molecular formula is C20H28N2O3. The van der Waals surface area contributed by atoms with Crippen molar-refractivity contribution in [1.82, 2.24) is 10.2 Å². The van der Waals surface area contributed by atoms with E-state index in [9.17, 15) is 14.7 Å². The molecule has 1 saturated heterocycles. The summed E-state index contributed by atoms with van der Waals surface area (Å²) in [5.74, 6) is -0.112. The maximum Gasteiger partial charge on any atom is 0.242 e. The number of rotatable bonds is 4. The smallest absolute Gasteiger partial charge is 0.242 e. The number of aryl methyl sites for hydroxylation is 1. The Hall–Kier alpha value is -1.88. The normalized spacial score (nSPS) is 26.0. The van der Waals surface area contributed by atoms with Gasteiger partial charge in [0.2, 0.25) is 11.8 Å². The summed E-state index contributed by atoms with van der Waals surface area (Å²) in [4.78, 5) is 26.5. The van der Waals surface area contributed by atoms with Crippen molar-refractivity contribution in [3.05, 3.63) is 35.4 Å². The van der Waals surface area contributed by atoms with E-state index in [0.29, 0.717) is 25.8 Å². The highest BCUT2D eigenvalue weighted by molar-refractivity contribution is 5.87. The topological polar surface area (TPSA) is 69.6 Å². The average molecular weight is 344 g/mol. The molecule has 1 heterocycles. The number of piperidine rings is 1. The van der Waals surface area contributed by atoms with Gasteiger partial charge in [0.1, 0.15) is 11.6 Å². The highest BCUT2D eigenvalue weighted by atomic mass is 16.3. The lowest BCUT2D eigenvalue weighted by Gasteiger charge is -2.37. The van der Waals surface area contributed by atoms with Gasteiger partial charge in [-0.25, -0.2) is 0 Å². The fourth-order valence-corrected chi connectivity index (χ4v) is 4.14. The van der Waals surface area contributed by atoms with Gasteiger partial charge in [0.05, 0.1) is 6.54 Å². The van der Waals surface area contributed by atoms with Gasteiger partial charge in [0, 0.05) is 13.0 Å². The zero-order valence-corrected chi connectivity index (χ0v) is 15.0. The Bertz CT molecular complexity index is 646. The molecule has 1 aromatic rings. The molecule has 0 radical (unpaired) electrons. The first-order valence-corrected chi connectivity index (χ1v) is 9.43. The number of fused-ring (bicyclic) bond motifs is 1. The Kier molecular flexibility index (Phi) is 5.42. The highest BCUT2D eigenvalue weighted by Gasteiger charge is 2.36. The van der Waals surface area contributed by atoms with Crippen molar-refractivity contribution in [2.45, 2.75) is 63.5 Å². The molecule has 0 spiro atoms. The van der Waals surface area contributed by atoms with Crippen molar-refractivity contribution < 1.29 is 14.7 Å². The molecule has 3 rings (SSSR count). The quantitative estimate of drug-likeness (QED) is 0.879. The third-order valence-electron chi connectivity index (χ3n) is 5.54. The maximum atomic E-state index is 12.7. The third-order valence-corrected chi connectivity index (χ3v) is 5.54. The fraction of sp³-hybridized carbons (Fsp3) is 0.600. The van der Waals surface area contributed by atoms with Gasteiger partial charge in [-0.05, 0) is 49.7 Å².